The van der Waals surface area contributed by atoms with Crippen molar-refractivity contribution in [3.8, 4) is 0 Å². The molecule has 0 saturated carbocycles. The highest BCUT2D eigenvalue weighted by Gasteiger charge is 2.23. The summed E-state index contributed by atoms with van der Waals surface area (Å²) in [5.74, 6) is -0.932. The quantitative estimate of drug-likeness (QED) is 0.533. The minimum absolute atomic E-state index is 0.333. The first kappa shape index (κ1) is 18.5. The second-order valence-electron chi connectivity index (χ2n) is 6.89. The normalized spacial score (nSPS) is 11.9. The molecule has 1 unspecified atom stereocenters. The van der Waals surface area contributed by atoms with Gasteiger partial charge in [-0.15, -0.1) is 0 Å². The fraction of sp³-hybridized carbons (Fsp3) is 0.0833. The maximum absolute atomic E-state index is 13.1. The monoisotopic (exact) mass is 383 g/mol. The van der Waals surface area contributed by atoms with Crippen LogP contribution in [0.2, 0.25) is 0 Å². The highest BCUT2D eigenvalue weighted by molar-refractivity contribution is 6.08. The average molecular weight is 383 g/mol. The van der Waals surface area contributed by atoms with Crippen molar-refractivity contribution in [3.63, 3.8) is 0 Å². The summed E-state index contributed by atoms with van der Waals surface area (Å²) < 4.78 is 2.04. The second kappa shape index (κ2) is 8.02. The SMILES string of the molecule is NC(=O)C(NC(=O)c1cn(Cc2ccccc2)c2ccccc12)c1ccccc1. The molecule has 1 atom stereocenters. The van der Waals surface area contributed by atoms with Gasteiger partial charge in [-0.25, -0.2) is 0 Å². The predicted octanol–water partition coefficient (Wildman–Crippen LogP) is 3.65. The number of nitrogens with zero attached hydrogens (tertiary/aromatic N) is 1. The zero-order valence-corrected chi connectivity index (χ0v) is 15.8. The van der Waals surface area contributed by atoms with E-state index in [0.717, 1.165) is 16.5 Å². The predicted molar refractivity (Wildman–Crippen MR) is 113 cm³/mol. The summed E-state index contributed by atoms with van der Waals surface area (Å²) >= 11 is 0. The Kier molecular flexibility index (Phi) is 5.12. The van der Waals surface area contributed by atoms with Crippen LogP contribution in [-0.2, 0) is 11.3 Å². The van der Waals surface area contributed by atoms with Gasteiger partial charge in [-0.1, -0.05) is 78.9 Å². The molecule has 144 valence electrons. The third-order valence-corrected chi connectivity index (χ3v) is 4.92. The lowest BCUT2D eigenvalue weighted by atomic mass is 10.1. The number of hydrogen-bond donors (Lipinski definition) is 2. The summed E-state index contributed by atoms with van der Waals surface area (Å²) in [5, 5.41) is 3.62. The molecule has 4 rings (SSSR count). The maximum atomic E-state index is 13.1. The summed E-state index contributed by atoms with van der Waals surface area (Å²) in [6.07, 6.45) is 1.83. The number of para-hydroxylation sites is 1. The molecular weight excluding hydrogens is 362 g/mol. The van der Waals surface area contributed by atoms with Crippen molar-refractivity contribution in [2.24, 2.45) is 5.73 Å². The Bertz CT molecular complexity index is 1150. The smallest absolute Gasteiger partial charge is 0.254 e. The van der Waals surface area contributed by atoms with Gasteiger partial charge < -0.3 is 15.6 Å². The standard InChI is InChI=1S/C24H21N3O2/c25-23(28)22(18-11-5-2-6-12-18)26-24(29)20-16-27(15-17-9-3-1-4-10-17)21-14-8-7-13-19(20)21/h1-14,16,22H,15H2,(H2,25,28)(H,26,29). The van der Waals surface area contributed by atoms with Gasteiger partial charge in [-0.05, 0) is 17.2 Å². The first-order valence-electron chi connectivity index (χ1n) is 9.40. The zero-order valence-electron chi connectivity index (χ0n) is 15.8. The Hall–Kier alpha value is -3.86. The van der Waals surface area contributed by atoms with Gasteiger partial charge in [0, 0.05) is 23.6 Å². The lowest BCUT2D eigenvalue weighted by molar-refractivity contribution is -0.120. The van der Waals surface area contributed by atoms with E-state index in [1.165, 1.54) is 0 Å². The third-order valence-electron chi connectivity index (χ3n) is 4.92. The van der Waals surface area contributed by atoms with Crippen LogP contribution < -0.4 is 11.1 Å². The van der Waals surface area contributed by atoms with Gasteiger partial charge >= 0.3 is 0 Å². The molecule has 5 heteroatoms. The summed E-state index contributed by atoms with van der Waals surface area (Å²) in [7, 11) is 0. The Morgan fingerprint density at radius 1 is 0.862 bits per heavy atom. The summed E-state index contributed by atoms with van der Waals surface area (Å²) in [6.45, 7) is 0.645. The molecule has 1 aromatic heterocycles. The number of hydrogen-bond acceptors (Lipinski definition) is 2. The third kappa shape index (κ3) is 3.89. The van der Waals surface area contributed by atoms with Crippen LogP contribution >= 0.6 is 0 Å². The lowest BCUT2D eigenvalue weighted by Gasteiger charge is -2.15. The van der Waals surface area contributed by atoms with Crippen molar-refractivity contribution in [3.05, 3.63) is 108 Å². The molecule has 0 saturated heterocycles. The van der Waals surface area contributed by atoms with Gasteiger partial charge in [-0.2, -0.15) is 0 Å². The minimum Gasteiger partial charge on any atom is -0.368 e. The molecule has 5 nitrogen and oxygen atoms in total. The number of benzene rings is 3. The average Bonchev–Trinajstić information content (AvgIpc) is 3.12. The van der Waals surface area contributed by atoms with Crippen LogP contribution in [0.25, 0.3) is 10.9 Å². The molecule has 2 amide bonds. The summed E-state index contributed by atoms with van der Waals surface area (Å²) in [5.41, 5.74) is 8.82. The molecule has 0 radical (unpaired) electrons. The van der Waals surface area contributed by atoms with E-state index in [1.807, 2.05) is 83.6 Å². The van der Waals surface area contributed by atoms with E-state index in [9.17, 15) is 9.59 Å². The first-order valence-corrected chi connectivity index (χ1v) is 9.40. The topological polar surface area (TPSA) is 77.1 Å². The van der Waals surface area contributed by atoms with Crippen LogP contribution in [0.3, 0.4) is 0 Å². The van der Waals surface area contributed by atoms with E-state index in [-0.39, 0.29) is 5.91 Å². The van der Waals surface area contributed by atoms with Gasteiger partial charge in [0.1, 0.15) is 6.04 Å². The fourth-order valence-corrected chi connectivity index (χ4v) is 3.51. The van der Waals surface area contributed by atoms with E-state index >= 15 is 0 Å². The Labute approximate surface area is 168 Å². The summed E-state index contributed by atoms with van der Waals surface area (Å²) in [4.78, 5) is 25.1. The first-order chi connectivity index (χ1) is 14.1. The molecule has 4 aromatic rings. The summed E-state index contributed by atoms with van der Waals surface area (Å²) in [6, 6.07) is 25.9. The van der Waals surface area contributed by atoms with Crippen molar-refractivity contribution in [1.82, 2.24) is 9.88 Å². The van der Waals surface area contributed by atoms with E-state index < -0.39 is 11.9 Å². The fourth-order valence-electron chi connectivity index (χ4n) is 3.51. The van der Waals surface area contributed by atoms with E-state index in [2.05, 4.69) is 5.32 Å². The number of rotatable bonds is 6. The highest BCUT2D eigenvalue weighted by Crippen LogP contribution is 2.23. The molecule has 0 fully saturated rings. The molecule has 1 heterocycles. The van der Waals surface area contributed by atoms with Gasteiger partial charge in [0.25, 0.3) is 5.91 Å². The maximum Gasteiger partial charge on any atom is 0.254 e. The highest BCUT2D eigenvalue weighted by atomic mass is 16.2. The van der Waals surface area contributed by atoms with Crippen molar-refractivity contribution in [2.75, 3.05) is 0 Å². The molecule has 0 aliphatic carbocycles. The van der Waals surface area contributed by atoms with Gasteiger partial charge in [0.05, 0.1) is 5.56 Å². The van der Waals surface area contributed by atoms with Crippen LogP contribution in [0, 0.1) is 0 Å². The number of carbonyl (C=O) groups excluding carboxylic acids is 2. The van der Waals surface area contributed by atoms with E-state index in [4.69, 9.17) is 5.73 Å². The van der Waals surface area contributed by atoms with Crippen LogP contribution in [-0.4, -0.2) is 16.4 Å². The van der Waals surface area contributed by atoms with Crippen LogP contribution in [0.5, 0.6) is 0 Å². The molecule has 0 bridgehead atoms. The van der Waals surface area contributed by atoms with Crippen molar-refractivity contribution < 1.29 is 9.59 Å². The van der Waals surface area contributed by atoms with Crippen LogP contribution in [0.15, 0.2) is 91.1 Å². The number of aromatic nitrogens is 1. The molecule has 29 heavy (non-hydrogen) atoms. The molecule has 0 aliphatic heterocycles. The number of nitrogens with two attached hydrogens (primary N) is 1. The van der Waals surface area contributed by atoms with E-state index in [1.54, 1.807) is 12.1 Å². The van der Waals surface area contributed by atoms with Crippen LogP contribution in [0.4, 0.5) is 0 Å². The number of amides is 2. The minimum atomic E-state index is -0.889. The van der Waals surface area contributed by atoms with Crippen molar-refractivity contribution in [2.45, 2.75) is 12.6 Å². The molecule has 3 N–H and O–H groups in total. The molecule has 3 aromatic carbocycles. The number of carbonyl (C=O) groups is 2. The Morgan fingerprint density at radius 3 is 2.17 bits per heavy atom. The van der Waals surface area contributed by atoms with Crippen LogP contribution in [0.1, 0.15) is 27.5 Å². The Balaban J connectivity index is 1.68. The molecular formula is C24H21N3O2. The van der Waals surface area contributed by atoms with Gasteiger partial charge in [-0.3, -0.25) is 9.59 Å². The second-order valence-corrected chi connectivity index (χ2v) is 6.89. The number of nitrogens with one attached hydrogen (secondary N) is 1. The largest absolute Gasteiger partial charge is 0.368 e. The number of fused-ring (bicyclic) bond motifs is 1. The molecule has 0 spiro atoms. The number of primary amides is 1. The lowest BCUT2D eigenvalue weighted by Crippen LogP contribution is -2.37. The van der Waals surface area contributed by atoms with Crippen molar-refractivity contribution in [1.29, 1.82) is 0 Å². The zero-order chi connectivity index (χ0) is 20.2. The van der Waals surface area contributed by atoms with E-state index in [0.29, 0.717) is 17.7 Å². The molecule has 0 aliphatic rings. The van der Waals surface area contributed by atoms with Crippen molar-refractivity contribution >= 4 is 22.7 Å². The van der Waals surface area contributed by atoms with Gasteiger partial charge in [0.2, 0.25) is 5.91 Å². The van der Waals surface area contributed by atoms with Gasteiger partial charge in [0.15, 0.2) is 0 Å². The Morgan fingerprint density at radius 2 is 1.48 bits per heavy atom.